The summed E-state index contributed by atoms with van der Waals surface area (Å²) >= 11 is 0. The molecule has 1 N–H and O–H groups in total. The fraction of sp³-hybridized carbons (Fsp3) is 0.167. The first-order chi connectivity index (χ1) is 10.5. The van der Waals surface area contributed by atoms with Crippen LogP contribution in [0.2, 0.25) is 0 Å². The minimum atomic E-state index is -0.253. The largest absolute Gasteiger partial charge is 0.507 e. The van der Waals surface area contributed by atoms with Crippen LogP contribution >= 0.6 is 0 Å². The molecular formula is C18H19NO3. The van der Waals surface area contributed by atoms with Crippen LogP contribution in [0.15, 0.2) is 48.5 Å². The third-order valence-electron chi connectivity index (χ3n) is 3.31. The molecule has 2 aromatic rings. The zero-order valence-electron chi connectivity index (χ0n) is 12.9. The van der Waals surface area contributed by atoms with Gasteiger partial charge in [0.1, 0.15) is 11.5 Å². The second-order valence-electron chi connectivity index (χ2n) is 5.07. The molecule has 4 heteroatoms. The lowest BCUT2D eigenvalue weighted by Crippen LogP contribution is -2.07. The molecule has 0 saturated heterocycles. The Hall–Kier alpha value is -2.75. The molecule has 0 atom stereocenters. The molecule has 114 valence electrons. The third kappa shape index (κ3) is 3.67. The van der Waals surface area contributed by atoms with E-state index in [0.29, 0.717) is 5.75 Å². The van der Waals surface area contributed by atoms with E-state index in [-0.39, 0.29) is 17.1 Å². The molecule has 2 aromatic carbocycles. The number of nitrogens with zero attached hydrogens (tertiary/aromatic N) is 1. The average molecular weight is 297 g/mol. The molecule has 0 aromatic heterocycles. The van der Waals surface area contributed by atoms with Crippen molar-refractivity contribution in [2.45, 2.75) is 0 Å². The molecule has 4 nitrogen and oxygen atoms in total. The Labute approximate surface area is 130 Å². The van der Waals surface area contributed by atoms with Gasteiger partial charge in [-0.1, -0.05) is 18.2 Å². The summed E-state index contributed by atoms with van der Waals surface area (Å²) in [6.07, 6.45) is 3.18. The number of phenolic OH excluding ortho intramolecular Hbond substituents is 1. The van der Waals surface area contributed by atoms with E-state index >= 15 is 0 Å². The summed E-state index contributed by atoms with van der Waals surface area (Å²) in [4.78, 5) is 14.1. The van der Waals surface area contributed by atoms with Crippen molar-refractivity contribution in [1.82, 2.24) is 0 Å². The molecule has 22 heavy (non-hydrogen) atoms. The van der Waals surface area contributed by atoms with Crippen molar-refractivity contribution in [3.05, 3.63) is 59.7 Å². The quantitative estimate of drug-likeness (QED) is 0.679. The van der Waals surface area contributed by atoms with Gasteiger partial charge in [0.15, 0.2) is 5.78 Å². The molecule has 0 aliphatic rings. The molecule has 0 heterocycles. The molecule has 0 fully saturated rings. The highest BCUT2D eigenvalue weighted by Gasteiger charge is 2.09. The zero-order chi connectivity index (χ0) is 16.1. The van der Waals surface area contributed by atoms with Crippen molar-refractivity contribution in [3.63, 3.8) is 0 Å². The standard InChI is InChI=1S/C18H19NO3/c1-19(2)14-7-4-13(5-8-14)6-11-17(20)16-10-9-15(22-3)12-18(16)21/h4-12,21H,1-3H3/b11-6+. The number of aromatic hydroxyl groups is 1. The number of carbonyl (C=O) groups is 1. The molecule has 0 aliphatic carbocycles. The van der Waals surface area contributed by atoms with Gasteiger partial charge in [0.05, 0.1) is 12.7 Å². The van der Waals surface area contributed by atoms with Crippen LogP contribution in [-0.4, -0.2) is 32.1 Å². The smallest absolute Gasteiger partial charge is 0.189 e. The summed E-state index contributed by atoms with van der Waals surface area (Å²) < 4.78 is 5.00. The first-order valence-corrected chi connectivity index (χ1v) is 6.88. The van der Waals surface area contributed by atoms with Gasteiger partial charge in [-0.15, -0.1) is 0 Å². The first kappa shape index (κ1) is 15.6. The Bertz CT molecular complexity index is 688. The van der Waals surface area contributed by atoms with E-state index in [4.69, 9.17) is 4.74 Å². The van der Waals surface area contributed by atoms with Crippen molar-refractivity contribution in [1.29, 1.82) is 0 Å². The number of ether oxygens (including phenoxy) is 1. The number of allylic oxidation sites excluding steroid dienone is 1. The van der Waals surface area contributed by atoms with Crippen molar-refractivity contribution in [2.24, 2.45) is 0 Å². The number of hydrogen-bond donors (Lipinski definition) is 1. The minimum absolute atomic E-state index is 0.0862. The van der Waals surface area contributed by atoms with Crippen LogP contribution in [0.4, 0.5) is 5.69 Å². The minimum Gasteiger partial charge on any atom is -0.507 e. The fourth-order valence-corrected chi connectivity index (χ4v) is 1.99. The van der Waals surface area contributed by atoms with Crippen molar-refractivity contribution in [3.8, 4) is 11.5 Å². The van der Waals surface area contributed by atoms with Crippen LogP contribution in [0.3, 0.4) is 0 Å². The maximum atomic E-state index is 12.1. The predicted molar refractivity (Wildman–Crippen MR) is 88.8 cm³/mol. The molecule has 0 unspecified atom stereocenters. The number of phenols is 1. The van der Waals surface area contributed by atoms with Crippen LogP contribution in [0.25, 0.3) is 6.08 Å². The van der Waals surface area contributed by atoms with Crippen LogP contribution in [0, 0.1) is 0 Å². The summed E-state index contributed by atoms with van der Waals surface area (Å²) in [5.41, 5.74) is 2.27. The Balaban J connectivity index is 2.14. The lowest BCUT2D eigenvalue weighted by Gasteiger charge is -2.11. The zero-order valence-corrected chi connectivity index (χ0v) is 12.9. The van der Waals surface area contributed by atoms with E-state index in [1.807, 2.05) is 43.3 Å². The van der Waals surface area contributed by atoms with Gasteiger partial charge >= 0.3 is 0 Å². The molecule has 0 aliphatic heterocycles. The second kappa shape index (κ2) is 6.80. The second-order valence-corrected chi connectivity index (χ2v) is 5.07. The van der Waals surface area contributed by atoms with E-state index in [9.17, 15) is 9.90 Å². The summed E-state index contributed by atoms with van der Waals surface area (Å²) in [6, 6.07) is 12.5. The highest BCUT2D eigenvalue weighted by Crippen LogP contribution is 2.24. The van der Waals surface area contributed by atoms with Gasteiger partial charge in [0.25, 0.3) is 0 Å². The monoisotopic (exact) mass is 297 g/mol. The Morgan fingerprint density at radius 1 is 1.14 bits per heavy atom. The fourth-order valence-electron chi connectivity index (χ4n) is 1.99. The third-order valence-corrected chi connectivity index (χ3v) is 3.31. The highest BCUT2D eigenvalue weighted by molar-refractivity contribution is 6.08. The molecule has 0 bridgehead atoms. The SMILES string of the molecule is COc1ccc(C(=O)/C=C/c2ccc(N(C)C)cc2)c(O)c1. The van der Waals surface area contributed by atoms with Gasteiger partial charge in [-0.2, -0.15) is 0 Å². The molecule has 0 spiro atoms. The van der Waals surface area contributed by atoms with Gasteiger partial charge in [0.2, 0.25) is 0 Å². The van der Waals surface area contributed by atoms with Gasteiger partial charge in [-0.3, -0.25) is 4.79 Å². The van der Waals surface area contributed by atoms with E-state index in [0.717, 1.165) is 11.3 Å². The molecule has 0 saturated carbocycles. The highest BCUT2D eigenvalue weighted by atomic mass is 16.5. The Morgan fingerprint density at radius 2 is 1.82 bits per heavy atom. The Morgan fingerprint density at radius 3 is 2.36 bits per heavy atom. The number of carbonyl (C=O) groups excluding carboxylic acids is 1. The van der Waals surface area contributed by atoms with E-state index < -0.39 is 0 Å². The van der Waals surface area contributed by atoms with E-state index in [2.05, 4.69) is 0 Å². The topological polar surface area (TPSA) is 49.8 Å². The van der Waals surface area contributed by atoms with Gasteiger partial charge in [-0.05, 0) is 35.9 Å². The number of methoxy groups -OCH3 is 1. The number of ketones is 1. The number of benzene rings is 2. The first-order valence-electron chi connectivity index (χ1n) is 6.88. The Kier molecular flexibility index (Phi) is 4.84. The van der Waals surface area contributed by atoms with Crippen LogP contribution < -0.4 is 9.64 Å². The van der Waals surface area contributed by atoms with Crippen LogP contribution in [-0.2, 0) is 0 Å². The average Bonchev–Trinajstić information content (AvgIpc) is 2.52. The summed E-state index contributed by atoms with van der Waals surface area (Å²) in [7, 11) is 5.45. The lowest BCUT2D eigenvalue weighted by atomic mass is 10.1. The van der Waals surface area contributed by atoms with Gasteiger partial charge < -0.3 is 14.7 Å². The summed E-state index contributed by atoms with van der Waals surface area (Å²) in [5, 5.41) is 9.85. The summed E-state index contributed by atoms with van der Waals surface area (Å²) in [6.45, 7) is 0. The lowest BCUT2D eigenvalue weighted by molar-refractivity contribution is 0.104. The molecule has 2 rings (SSSR count). The van der Waals surface area contributed by atoms with Crippen molar-refractivity contribution in [2.75, 3.05) is 26.1 Å². The molecule has 0 amide bonds. The van der Waals surface area contributed by atoms with E-state index in [1.165, 1.54) is 19.3 Å². The van der Waals surface area contributed by atoms with Crippen LogP contribution in [0.5, 0.6) is 11.5 Å². The number of rotatable bonds is 5. The van der Waals surface area contributed by atoms with Crippen molar-refractivity contribution < 1.29 is 14.6 Å². The van der Waals surface area contributed by atoms with Gasteiger partial charge in [-0.25, -0.2) is 0 Å². The van der Waals surface area contributed by atoms with E-state index in [1.54, 1.807) is 18.2 Å². The van der Waals surface area contributed by atoms with Gasteiger partial charge in [0, 0.05) is 25.8 Å². The van der Waals surface area contributed by atoms with Crippen molar-refractivity contribution >= 4 is 17.5 Å². The summed E-state index contributed by atoms with van der Waals surface area (Å²) in [5.74, 6) is 0.172. The predicted octanol–water partition coefficient (Wildman–Crippen LogP) is 3.36. The van der Waals surface area contributed by atoms with Crippen LogP contribution in [0.1, 0.15) is 15.9 Å². The maximum Gasteiger partial charge on any atom is 0.189 e. The molecule has 0 radical (unpaired) electrons. The number of anilines is 1. The normalized spacial score (nSPS) is 10.7. The number of hydrogen-bond acceptors (Lipinski definition) is 4. The maximum absolute atomic E-state index is 12.1. The molecular weight excluding hydrogens is 278 g/mol.